The Kier molecular flexibility index (Phi) is 4.25. The third kappa shape index (κ3) is 3.11. The Hall–Kier alpha value is -2.65. The Morgan fingerprint density at radius 1 is 1.42 bits per heavy atom. The van der Waals surface area contributed by atoms with Crippen LogP contribution in [0.5, 0.6) is 0 Å². The average molecular weight is 372 g/mol. The number of rotatable bonds is 4. The molecule has 1 fully saturated rings. The maximum Gasteiger partial charge on any atom is 0.274 e. The highest BCUT2D eigenvalue weighted by Crippen LogP contribution is 2.27. The van der Waals surface area contributed by atoms with Crippen LogP contribution in [0.2, 0.25) is 0 Å². The zero-order valence-corrected chi connectivity index (χ0v) is 14.8. The fourth-order valence-electron chi connectivity index (χ4n) is 2.84. The second kappa shape index (κ2) is 6.58. The summed E-state index contributed by atoms with van der Waals surface area (Å²) in [6.45, 7) is 2.92. The molecule has 1 atom stereocenters. The standard InChI is InChI=1S/C17H17FN6OS/c1-9(10-4-11(18)6-20-5-10)21-17-22-13-2-3-26-15(13)14(23-17)16(25)24-7-12(19)8-24/h2-6,9,12H,7-8,19H2,1H3,(H,21,22,23)/t9-/m0/s1. The van der Waals surface area contributed by atoms with Crippen molar-refractivity contribution in [1.82, 2.24) is 19.9 Å². The third-order valence-electron chi connectivity index (χ3n) is 4.27. The Morgan fingerprint density at radius 2 is 2.23 bits per heavy atom. The highest BCUT2D eigenvalue weighted by Gasteiger charge is 2.31. The number of nitrogens with two attached hydrogens (primary N) is 1. The van der Waals surface area contributed by atoms with E-state index < -0.39 is 5.82 Å². The minimum atomic E-state index is -0.407. The molecule has 1 aliphatic rings. The number of anilines is 1. The van der Waals surface area contributed by atoms with E-state index in [1.165, 1.54) is 17.4 Å². The molecule has 1 aliphatic heterocycles. The Morgan fingerprint density at radius 3 is 2.96 bits per heavy atom. The number of halogens is 1. The van der Waals surface area contributed by atoms with Crippen molar-refractivity contribution in [2.45, 2.75) is 19.0 Å². The summed E-state index contributed by atoms with van der Waals surface area (Å²) < 4.78 is 14.1. The number of nitrogens with zero attached hydrogens (tertiary/aromatic N) is 4. The van der Waals surface area contributed by atoms with Gasteiger partial charge < -0.3 is 16.0 Å². The first-order valence-electron chi connectivity index (χ1n) is 8.18. The molecule has 3 aromatic rings. The summed E-state index contributed by atoms with van der Waals surface area (Å²) in [6, 6.07) is 3.01. The van der Waals surface area contributed by atoms with Crippen molar-refractivity contribution < 1.29 is 9.18 Å². The number of fused-ring (bicyclic) bond motifs is 1. The second-order valence-corrected chi connectivity index (χ2v) is 7.22. The summed E-state index contributed by atoms with van der Waals surface area (Å²) in [5.74, 6) is -0.235. The molecule has 0 spiro atoms. The van der Waals surface area contributed by atoms with Crippen LogP contribution in [0.1, 0.15) is 29.0 Å². The average Bonchev–Trinajstić information content (AvgIpc) is 3.06. The Labute approximate surface area is 153 Å². The van der Waals surface area contributed by atoms with E-state index in [1.807, 2.05) is 18.4 Å². The first kappa shape index (κ1) is 16.8. The van der Waals surface area contributed by atoms with Crippen LogP contribution in [0.4, 0.5) is 10.3 Å². The van der Waals surface area contributed by atoms with Gasteiger partial charge in [0.1, 0.15) is 5.82 Å². The molecule has 134 valence electrons. The highest BCUT2D eigenvalue weighted by molar-refractivity contribution is 7.17. The largest absolute Gasteiger partial charge is 0.348 e. The molecule has 0 bridgehead atoms. The van der Waals surface area contributed by atoms with Crippen LogP contribution >= 0.6 is 11.3 Å². The van der Waals surface area contributed by atoms with Gasteiger partial charge in [-0.15, -0.1) is 11.3 Å². The van der Waals surface area contributed by atoms with Crippen molar-refractivity contribution in [1.29, 1.82) is 0 Å². The fraction of sp³-hybridized carbons (Fsp3) is 0.294. The van der Waals surface area contributed by atoms with Crippen molar-refractivity contribution >= 4 is 33.4 Å². The van der Waals surface area contributed by atoms with Crippen LogP contribution in [0, 0.1) is 5.82 Å². The lowest BCUT2D eigenvalue weighted by Gasteiger charge is -2.36. The van der Waals surface area contributed by atoms with E-state index in [0.29, 0.717) is 35.8 Å². The van der Waals surface area contributed by atoms with Crippen molar-refractivity contribution in [3.8, 4) is 0 Å². The quantitative estimate of drug-likeness (QED) is 0.729. The van der Waals surface area contributed by atoms with Crippen molar-refractivity contribution in [2.75, 3.05) is 18.4 Å². The van der Waals surface area contributed by atoms with Crippen LogP contribution in [0.15, 0.2) is 29.9 Å². The lowest BCUT2D eigenvalue weighted by molar-refractivity contribution is 0.0604. The number of likely N-dealkylation sites (tertiary alicyclic amines) is 1. The van der Waals surface area contributed by atoms with Crippen LogP contribution in [-0.2, 0) is 0 Å². The van der Waals surface area contributed by atoms with Gasteiger partial charge in [0.05, 0.1) is 22.5 Å². The van der Waals surface area contributed by atoms with Crippen molar-refractivity contribution in [3.63, 3.8) is 0 Å². The van der Waals surface area contributed by atoms with Crippen molar-refractivity contribution in [2.24, 2.45) is 5.73 Å². The maximum absolute atomic E-state index is 13.4. The van der Waals surface area contributed by atoms with E-state index in [4.69, 9.17) is 5.73 Å². The van der Waals surface area contributed by atoms with Gasteiger partial charge in [-0.25, -0.2) is 14.4 Å². The molecule has 3 N–H and O–H groups in total. The van der Waals surface area contributed by atoms with E-state index >= 15 is 0 Å². The third-order valence-corrected chi connectivity index (χ3v) is 5.19. The molecule has 9 heteroatoms. The predicted octanol–water partition coefficient (Wildman–Crippen LogP) is 2.18. The predicted molar refractivity (Wildman–Crippen MR) is 97.5 cm³/mol. The van der Waals surface area contributed by atoms with Crippen LogP contribution < -0.4 is 11.1 Å². The number of nitrogens with one attached hydrogen (secondary N) is 1. The summed E-state index contributed by atoms with van der Waals surface area (Å²) >= 11 is 1.43. The number of carbonyl (C=O) groups is 1. The molecule has 0 aromatic carbocycles. The van der Waals surface area contributed by atoms with E-state index in [-0.39, 0.29) is 18.0 Å². The summed E-state index contributed by atoms with van der Waals surface area (Å²) in [6.07, 6.45) is 2.73. The highest BCUT2D eigenvalue weighted by atomic mass is 32.1. The molecule has 4 rings (SSSR count). The summed E-state index contributed by atoms with van der Waals surface area (Å²) in [5.41, 5.74) is 7.51. The van der Waals surface area contributed by atoms with E-state index in [9.17, 15) is 9.18 Å². The van der Waals surface area contributed by atoms with Crippen LogP contribution in [-0.4, -0.2) is 44.9 Å². The Balaban J connectivity index is 1.64. The number of amides is 1. The van der Waals surface area contributed by atoms with Gasteiger partial charge in [0.25, 0.3) is 5.91 Å². The first-order valence-corrected chi connectivity index (χ1v) is 9.06. The van der Waals surface area contributed by atoms with E-state index in [0.717, 1.165) is 10.9 Å². The Bertz CT molecular complexity index is 971. The van der Waals surface area contributed by atoms with Crippen molar-refractivity contribution in [3.05, 3.63) is 47.0 Å². The smallest absolute Gasteiger partial charge is 0.274 e. The van der Waals surface area contributed by atoms with Gasteiger partial charge in [-0.05, 0) is 30.0 Å². The van der Waals surface area contributed by atoms with Crippen LogP contribution in [0.3, 0.4) is 0 Å². The lowest BCUT2D eigenvalue weighted by Crippen LogP contribution is -2.58. The monoisotopic (exact) mass is 372 g/mol. The molecule has 0 unspecified atom stereocenters. The topological polar surface area (TPSA) is 97.0 Å². The molecule has 7 nitrogen and oxygen atoms in total. The number of carbonyl (C=O) groups excluding carboxylic acids is 1. The molecule has 1 saturated heterocycles. The lowest BCUT2D eigenvalue weighted by atomic mass is 10.1. The molecule has 0 aliphatic carbocycles. The van der Waals surface area contributed by atoms with E-state index in [1.54, 1.807) is 11.1 Å². The van der Waals surface area contributed by atoms with Gasteiger partial charge in [0.2, 0.25) is 5.95 Å². The van der Waals surface area contributed by atoms with Crippen LogP contribution in [0.25, 0.3) is 10.2 Å². The number of hydrogen-bond acceptors (Lipinski definition) is 7. The number of pyridine rings is 1. The summed E-state index contributed by atoms with van der Waals surface area (Å²) in [7, 11) is 0. The molecule has 1 amide bonds. The summed E-state index contributed by atoms with van der Waals surface area (Å²) in [5, 5.41) is 5.00. The number of hydrogen-bond donors (Lipinski definition) is 2. The zero-order chi connectivity index (χ0) is 18.3. The first-order chi connectivity index (χ1) is 12.5. The van der Waals surface area contributed by atoms with Gasteiger partial charge >= 0.3 is 0 Å². The normalized spacial score (nSPS) is 15.7. The maximum atomic E-state index is 13.4. The summed E-state index contributed by atoms with van der Waals surface area (Å²) in [4.78, 5) is 27.2. The molecular weight excluding hydrogens is 355 g/mol. The molecule has 4 heterocycles. The molecular formula is C17H17FN6OS. The molecule has 3 aromatic heterocycles. The zero-order valence-electron chi connectivity index (χ0n) is 14.0. The molecule has 26 heavy (non-hydrogen) atoms. The minimum Gasteiger partial charge on any atom is -0.348 e. The van der Waals surface area contributed by atoms with Gasteiger partial charge in [-0.1, -0.05) is 0 Å². The van der Waals surface area contributed by atoms with Gasteiger partial charge in [-0.2, -0.15) is 0 Å². The van der Waals surface area contributed by atoms with Gasteiger partial charge in [0.15, 0.2) is 5.69 Å². The number of aromatic nitrogens is 3. The SMILES string of the molecule is C[C@H](Nc1nc(C(=O)N2CC(N)C2)c2sccc2n1)c1cncc(F)c1. The minimum absolute atomic E-state index is 0.0257. The second-order valence-electron chi connectivity index (χ2n) is 6.30. The van der Waals surface area contributed by atoms with Gasteiger partial charge in [0, 0.05) is 25.3 Å². The van der Waals surface area contributed by atoms with Gasteiger partial charge in [-0.3, -0.25) is 9.78 Å². The molecule has 0 radical (unpaired) electrons. The number of thiophene rings is 1. The fourth-order valence-corrected chi connectivity index (χ4v) is 3.66. The van der Waals surface area contributed by atoms with E-state index in [2.05, 4.69) is 20.3 Å². The molecule has 0 saturated carbocycles.